The highest BCUT2D eigenvalue weighted by atomic mass is 35.5. The summed E-state index contributed by atoms with van der Waals surface area (Å²) in [7, 11) is 0. The van der Waals surface area contributed by atoms with Crippen LogP contribution in [0.2, 0.25) is 0 Å². The molecule has 0 fully saturated rings. The van der Waals surface area contributed by atoms with Gasteiger partial charge in [-0.2, -0.15) is 0 Å². The maximum absolute atomic E-state index is 12.1. The van der Waals surface area contributed by atoms with Crippen LogP contribution in [0, 0.1) is 0 Å². The molecule has 0 bridgehead atoms. The topological polar surface area (TPSA) is 89.5 Å². The lowest BCUT2D eigenvalue weighted by Crippen LogP contribution is -2.31. The van der Waals surface area contributed by atoms with Gasteiger partial charge in [0, 0.05) is 21.6 Å². The van der Waals surface area contributed by atoms with Crippen LogP contribution in [0.4, 0.5) is 0 Å². The van der Waals surface area contributed by atoms with Crippen molar-refractivity contribution in [2.75, 3.05) is 38.2 Å². The van der Waals surface area contributed by atoms with E-state index >= 15 is 0 Å². The number of rotatable bonds is 20. The van der Waals surface area contributed by atoms with Crippen molar-refractivity contribution in [1.29, 1.82) is 0 Å². The minimum Gasteiger partial charge on any atom is -0.490 e. The van der Waals surface area contributed by atoms with Gasteiger partial charge in [0.2, 0.25) is 0 Å². The van der Waals surface area contributed by atoms with Crippen LogP contribution in [0.3, 0.4) is 0 Å². The summed E-state index contributed by atoms with van der Waals surface area (Å²) in [6.45, 7) is 0.542. The summed E-state index contributed by atoms with van der Waals surface area (Å²) in [5.74, 6) is 2.16. The Morgan fingerprint density at radius 2 is 0.809 bits per heavy atom. The highest BCUT2D eigenvalue weighted by Crippen LogP contribution is 2.30. The van der Waals surface area contributed by atoms with Crippen LogP contribution in [-0.4, -0.2) is 62.3 Å². The minimum atomic E-state index is -0.606. The molecule has 0 N–H and O–H groups in total. The van der Waals surface area contributed by atoms with Gasteiger partial charge in [0.15, 0.2) is 12.2 Å². The molecule has 0 saturated carbocycles. The first kappa shape index (κ1) is 35.8. The molecule has 0 spiro atoms. The maximum Gasteiger partial charge on any atom is 0.307 e. The normalized spacial score (nSPS) is 12.0. The number of carbonyl (C=O) groups excluding carboxylic acids is 2. The molecule has 0 aliphatic rings. The van der Waals surface area contributed by atoms with Crippen molar-refractivity contribution in [3.05, 3.63) is 109 Å². The zero-order valence-corrected chi connectivity index (χ0v) is 28.0. The molecule has 4 rings (SSSR count). The fraction of sp³-hybridized carbons (Fsp3) is 0.278. The molecular formula is C36H36Cl2O8S. The zero-order valence-electron chi connectivity index (χ0n) is 25.6. The van der Waals surface area contributed by atoms with Gasteiger partial charge in [0.25, 0.3) is 0 Å². The van der Waals surface area contributed by atoms with E-state index in [1.807, 2.05) is 109 Å². The van der Waals surface area contributed by atoms with Gasteiger partial charge in [-0.1, -0.05) is 48.2 Å². The molecule has 0 aliphatic carbocycles. The largest absolute Gasteiger partial charge is 0.490 e. The Labute approximate surface area is 289 Å². The summed E-state index contributed by atoms with van der Waals surface area (Å²) in [4.78, 5) is 26.1. The average molecular weight is 700 g/mol. The Kier molecular flexibility index (Phi) is 15.4. The number of para-hydroxylation sites is 2. The van der Waals surface area contributed by atoms with E-state index in [0.717, 1.165) is 9.79 Å². The summed E-state index contributed by atoms with van der Waals surface area (Å²) in [5, 5.41) is 0. The van der Waals surface area contributed by atoms with Gasteiger partial charge in [-0.3, -0.25) is 9.59 Å². The number of carbonyl (C=O) groups is 2. The number of hydrogen-bond acceptors (Lipinski definition) is 9. The van der Waals surface area contributed by atoms with E-state index in [-0.39, 0.29) is 51.0 Å². The molecule has 0 aliphatic heterocycles. The van der Waals surface area contributed by atoms with E-state index in [1.54, 1.807) is 11.8 Å². The predicted molar refractivity (Wildman–Crippen MR) is 182 cm³/mol. The quantitative estimate of drug-likeness (QED) is 0.0677. The molecule has 0 heterocycles. The number of alkyl halides is 2. The van der Waals surface area contributed by atoms with Gasteiger partial charge >= 0.3 is 11.9 Å². The van der Waals surface area contributed by atoms with Gasteiger partial charge in [0.05, 0.1) is 12.8 Å². The van der Waals surface area contributed by atoms with Crippen molar-refractivity contribution in [2.24, 2.45) is 0 Å². The monoisotopic (exact) mass is 698 g/mol. The molecule has 2 atom stereocenters. The third-order valence-corrected chi connectivity index (χ3v) is 7.70. The summed E-state index contributed by atoms with van der Waals surface area (Å²) in [6.07, 6.45) is -0.996. The standard InChI is InChI=1S/C36H36Cl2O8S/c37-21-19-35(39)45-31(23-41-27-7-3-1-4-8-27)25-43-29-11-15-33(16-12-29)47-34-17-13-30(14-18-34)44-26-32(46-36(40)20-22-38)24-42-28-9-5-2-6-10-28/h1-18,31-32H,19-26H2. The Morgan fingerprint density at radius 1 is 0.489 bits per heavy atom. The second-order valence-electron chi connectivity index (χ2n) is 10.0. The van der Waals surface area contributed by atoms with E-state index in [2.05, 4.69) is 0 Å². The molecule has 8 nitrogen and oxygen atoms in total. The molecule has 0 amide bonds. The van der Waals surface area contributed by atoms with Gasteiger partial charge in [-0.15, -0.1) is 23.2 Å². The SMILES string of the molecule is O=C(CCCl)OC(COc1ccccc1)COc1ccc(Sc2ccc(OCC(COc3ccccc3)OC(=O)CCCl)cc2)cc1. The number of hydrogen-bond donors (Lipinski definition) is 0. The average Bonchev–Trinajstić information content (AvgIpc) is 3.09. The first-order valence-electron chi connectivity index (χ1n) is 15.0. The van der Waals surface area contributed by atoms with Gasteiger partial charge < -0.3 is 28.4 Å². The molecule has 0 radical (unpaired) electrons. The van der Waals surface area contributed by atoms with Crippen molar-refractivity contribution in [1.82, 2.24) is 0 Å². The van der Waals surface area contributed by atoms with Crippen molar-refractivity contribution < 1.29 is 38.0 Å². The van der Waals surface area contributed by atoms with Crippen molar-refractivity contribution in [3.63, 3.8) is 0 Å². The van der Waals surface area contributed by atoms with Crippen LogP contribution < -0.4 is 18.9 Å². The molecule has 2 unspecified atom stereocenters. The molecule has 47 heavy (non-hydrogen) atoms. The Bertz CT molecular complexity index is 1360. The molecule has 248 valence electrons. The number of esters is 2. The number of ether oxygens (including phenoxy) is 6. The lowest BCUT2D eigenvalue weighted by atomic mass is 10.3. The van der Waals surface area contributed by atoms with Gasteiger partial charge in [-0.05, 0) is 72.8 Å². The number of benzene rings is 4. The van der Waals surface area contributed by atoms with Crippen LogP contribution in [0.25, 0.3) is 0 Å². The second kappa shape index (κ2) is 20.2. The summed E-state index contributed by atoms with van der Waals surface area (Å²) >= 11 is 13.0. The number of halogens is 2. The highest BCUT2D eigenvalue weighted by molar-refractivity contribution is 7.99. The maximum atomic E-state index is 12.1. The summed E-state index contributed by atoms with van der Waals surface area (Å²) in [5.41, 5.74) is 0. The molecule has 0 aromatic heterocycles. The molecule has 0 saturated heterocycles. The van der Waals surface area contributed by atoms with Crippen molar-refractivity contribution in [3.8, 4) is 23.0 Å². The fourth-order valence-corrected chi connectivity index (χ4v) is 5.14. The third-order valence-electron chi connectivity index (χ3n) is 6.31. The Balaban J connectivity index is 1.25. The first-order valence-corrected chi connectivity index (χ1v) is 16.9. The van der Waals surface area contributed by atoms with Gasteiger partial charge in [0.1, 0.15) is 49.4 Å². The Hall–Kier alpha value is -4.05. The van der Waals surface area contributed by atoms with E-state index in [1.165, 1.54) is 0 Å². The molecule has 11 heteroatoms. The Morgan fingerprint density at radius 3 is 1.13 bits per heavy atom. The lowest BCUT2D eigenvalue weighted by Gasteiger charge is -2.19. The molecule has 4 aromatic rings. The minimum absolute atomic E-state index is 0.108. The van der Waals surface area contributed by atoms with Crippen LogP contribution in [0.1, 0.15) is 12.8 Å². The zero-order chi connectivity index (χ0) is 33.1. The molecular weight excluding hydrogens is 663 g/mol. The van der Waals surface area contributed by atoms with E-state index in [4.69, 9.17) is 51.6 Å². The smallest absolute Gasteiger partial charge is 0.307 e. The van der Waals surface area contributed by atoms with Crippen LogP contribution in [0.15, 0.2) is 119 Å². The lowest BCUT2D eigenvalue weighted by molar-refractivity contribution is -0.152. The van der Waals surface area contributed by atoms with Crippen molar-refractivity contribution >= 4 is 46.9 Å². The van der Waals surface area contributed by atoms with E-state index < -0.39 is 24.1 Å². The van der Waals surface area contributed by atoms with Crippen LogP contribution in [-0.2, 0) is 19.1 Å². The summed E-state index contributed by atoms with van der Waals surface area (Å²) < 4.78 is 34.4. The molecule has 4 aromatic carbocycles. The van der Waals surface area contributed by atoms with Gasteiger partial charge in [-0.25, -0.2) is 0 Å². The fourth-order valence-electron chi connectivity index (χ4n) is 4.01. The van der Waals surface area contributed by atoms with Crippen molar-refractivity contribution in [2.45, 2.75) is 34.8 Å². The van der Waals surface area contributed by atoms with E-state index in [9.17, 15) is 9.59 Å². The van der Waals surface area contributed by atoms with Crippen LogP contribution >= 0.6 is 35.0 Å². The van der Waals surface area contributed by atoms with E-state index in [0.29, 0.717) is 23.0 Å². The third kappa shape index (κ3) is 13.7. The second-order valence-corrected chi connectivity index (χ2v) is 11.9. The summed E-state index contributed by atoms with van der Waals surface area (Å²) in [6, 6.07) is 33.8. The highest BCUT2D eigenvalue weighted by Gasteiger charge is 2.18. The first-order chi connectivity index (χ1) is 23.0. The predicted octanol–water partition coefficient (Wildman–Crippen LogP) is 7.83. The van der Waals surface area contributed by atoms with Crippen LogP contribution in [0.5, 0.6) is 23.0 Å².